The van der Waals surface area contributed by atoms with Crippen molar-refractivity contribution >= 4 is 5.91 Å². The van der Waals surface area contributed by atoms with Gasteiger partial charge in [-0.15, -0.1) is 0 Å². The molecule has 0 aromatic heterocycles. The minimum absolute atomic E-state index is 0.0147. The number of piperidine rings is 1. The number of likely N-dealkylation sites (tertiary alicyclic amines) is 1. The van der Waals surface area contributed by atoms with Crippen LogP contribution in [-0.2, 0) is 14.9 Å². The molecule has 3 aliphatic rings. The standard InChI is InChI=1S/C21H30FN3O2/c1-24-10-8-20(9-11-24,25-12-14-27-15-13-25)16-23-19(26)21(6-7-21)17-4-2-3-5-18(17)22/h2-5H,6-16H2,1H3,(H,23,26). The van der Waals surface area contributed by atoms with Crippen LogP contribution in [0.15, 0.2) is 24.3 Å². The van der Waals surface area contributed by atoms with Gasteiger partial charge in [0.05, 0.1) is 18.6 Å². The van der Waals surface area contributed by atoms with Crippen LogP contribution in [-0.4, -0.2) is 74.2 Å². The van der Waals surface area contributed by atoms with E-state index in [2.05, 4.69) is 22.2 Å². The fourth-order valence-corrected chi connectivity index (χ4v) is 4.68. The van der Waals surface area contributed by atoms with Gasteiger partial charge in [-0.3, -0.25) is 9.69 Å². The molecule has 1 saturated carbocycles. The molecular weight excluding hydrogens is 345 g/mol. The van der Waals surface area contributed by atoms with Crippen LogP contribution < -0.4 is 5.32 Å². The molecular formula is C21H30FN3O2. The Labute approximate surface area is 160 Å². The molecule has 1 aliphatic carbocycles. The number of carbonyl (C=O) groups excluding carboxylic acids is 1. The smallest absolute Gasteiger partial charge is 0.230 e. The van der Waals surface area contributed by atoms with Crippen LogP contribution in [0.3, 0.4) is 0 Å². The molecule has 0 bridgehead atoms. The summed E-state index contributed by atoms with van der Waals surface area (Å²) in [5, 5.41) is 3.23. The number of hydrogen-bond acceptors (Lipinski definition) is 4. The highest BCUT2D eigenvalue weighted by Gasteiger charge is 2.53. The quantitative estimate of drug-likeness (QED) is 0.852. The number of halogens is 1. The number of hydrogen-bond donors (Lipinski definition) is 1. The molecule has 0 atom stereocenters. The largest absolute Gasteiger partial charge is 0.379 e. The zero-order valence-corrected chi connectivity index (χ0v) is 16.2. The van der Waals surface area contributed by atoms with E-state index in [1.807, 2.05) is 6.07 Å². The van der Waals surface area contributed by atoms with Gasteiger partial charge in [-0.05, 0) is 51.9 Å². The second-order valence-electron chi connectivity index (χ2n) is 8.37. The number of morpholine rings is 1. The van der Waals surface area contributed by atoms with Crippen molar-refractivity contribution in [3.63, 3.8) is 0 Å². The van der Waals surface area contributed by atoms with Crippen molar-refractivity contribution in [2.24, 2.45) is 0 Å². The molecule has 0 unspecified atom stereocenters. The Kier molecular flexibility index (Phi) is 5.23. The van der Waals surface area contributed by atoms with E-state index in [0.717, 1.165) is 65.1 Å². The average Bonchev–Trinajstić information content (AvgIpc) is 3.50. The van der Waals surface area contributed by atoms with Crippen LogP contribution in [0.4, 0.5) is 4.39 Å². The Hall–Kier alpha value is -1.50. The number of rotatable bonds is 5. The maximum absolute atomic E-state index is 14.3. The summed E-state index contributed by atoms with van der Waals surface area (Å²) < 4.78 is 19.8. The molecule has 6 heteroatoms. The van der Waals surface area contributed by atoms with Crippen LogP contribution in [0.25, 0.3) is 0 Å². The first-order chi connectivity index (χ1) is 13.1. The van der Waals surface area contributed by atoms with Crippen molar-refractivity contribution < 1.29 is 13.9 Å². The summed E-state index contributed by atoms with van der Waals surface area (Å²) in [5.41, 5.74) is -0.133. The van der Waals surface area contributed by atoms with Gasteiger partial charge < -0.3 is 15.0 Å². The third-order valence-corrected chi connectivity index (χ3v) is 6.75. The molecule has 2 aliphatic heterocycles. The van der Waals surface area contributed by atoms with Gasteiger partial charge in [0.2, 0.25) is 5.91 Å². The van der Waals surface area contributed by atoms with Gasteiger partial charge in [-0.1, -0.05) is 18.2 Å². The fraction of sp³-hybridized carbons (Fsp3) is 0.667. The van der Waals surface area contributed by atoms with Crippen molar-refractivity contribution in [1.29, 1.82) is 0 Å². The van der Waals surface area contributed by atoms with Crippen molar-refractivity contribution in [3.05, 3.63) is 35.6 Å². The summed E-state index contributed by atoms with van der Waals surface area (Å²) in [6.45, 7) is 6.04. The van der Waals surface area contributed by atoms with E-state index in [1.165, 1.54) is 6.07 Å². The van der Waals surface area contributed by atoms with Gasteiger partial charge in [0, 0.05) is 30.7 Å². The number of amides is 1. The monoisotopic (exact) mass is 375 g/mol. The van der Waals surface area contributed by atoms with E-state index in [-0.39, 0.29) is 17.3 Å². The predicted octanol–water partition coefficient (Wildman–Crippen LogP) is 1.77. The summed E-state index contributed by atoms with van der Waals surface area (Å²) in [5.74, 6) is -0.286. The minimum Gasteiger partial charge on any atom is -0.379 e. The lowest BCUT2D eigenvalue weighted by molar-refractivity contribution is -0.125. The summed E-state index contributed by atoms with van der Waals surface area (Å²) in [6.07, 6.45) is 3.53. The first kappa shape index (κ1) is 18.8. The van der Waals surface area contributed by atoms with Crippen molar-refractivity contribution in [2.75, 3.05) is 53.0 Å². The average molecular weight is 375 g/mol. The van der Waals surface area contributed by atoms with Gasteiger partial charge >= 0.3 is 0 Å². The highest BCUT2D eigenvalue weighted by Crippen LogP contribution is 2.49. The van der Waals surface area contributed by atoms with E-state index >= 15 is 0 Å². The van der Waals surface area contributed by atoms with E-state index in [1.54, 1.807) is 12.1 Å². The van der Waals surface area contributed by atoms with Gasteiger partial charge in [0.25, 0.3) is 0 Å². The summed E-state index contributed by atoms with van der Waals surface area (Å²) >= 11 is 0. The number of carbonyl (C=O) groups is 1. The van der Waals surface area contributed by atoms with Gasteiger partial charge in [0.15, 0.2) is 0 Å². The third-order valence-electron chi connectivity index (χ3n) is 6.75. The van der Waals surface area contributed by atoms with Crippen LogP contribution in [0.2, 0.25) is 0 Å². The molecule has 2 heterocycles. The lowest BCUT2D eigenvalue weighted by atomic mass is 9.84. The van der Waals surface area contributed by atoms with Gasteiger partial charge in [-0.25, -0.2) is 4.39 Å². The number of benzene rings is 1. The molecule has 3 fully saturated rings. The van der Waals surface area contributed by atoms with Gasteiger partial charge in [-0.2, -0.15) is 0 Å². The van der Waals surface area contributed by atoms with Crippen LogP contribution >= 0.6 is 0 Å². The fourth-order valence-electron chi connectivity index (χ4n) is 4.68. The van der Waals surface area contributed by atoms with E-state index in [4.69, 9.17) is 4.74 Å². The van der Waals surface area contributed by atoms with Crippen LogP contribution in [0.5, 0.6) is 0 Å². The Morgan fingerprint density at radius 1 is 1.11 bits per heavy atom. The lowest BCUT2D eigenvalue weighted by Crippen LogP contribution is -2.63. The number of nitrogens with zero attached hydrogens (tertiary/aromatic N) is 2. The first-order valence-electron chi connectivity index (χ1n) is 10.1. The van der Waals surface area contributed by atoms with Crippen LogP contribution in [0, 0.1) is 5.82 Å². The highest BCUT2D eigenvalue weighted by atomic mass is 19.1. The Bertz CT molecular complexity index is 678. The van der Waals surface area contributed by atoms with Crippen molar-refractivity contribution in [2.45, 2.75) is 36.6 Å². The maximum Gasteiger partial charge on any atom is 0.230 e. The minimum atomic E-state index is -0.664. The molecule has 1 amide bonds. The first-order valence-corrected chi connectivity index (χ1v) is 10.1. The second-order valence-corrected chi connectivity index (χ2v) is 8.37. The SMILES string of the molecule is CN1CCC(CNC(=O)C2(c3ccccc3F)CC2)(N2CCOCC2)CC1. The topological polar surface area (TPSA) is 44.8 Å². The normalized spacial score (nSPS) is 25.1. The second kappa shape index (κ2) is 7.49. The van der Waals surface area contributed by atoms with Crippen molar-refractivity contribution in [1.82, 2.24) is 15.1 Å². The predicted molar refractivity (Wildman–Crippen MR) is 102 cm³/mol. The molecule has 1 N–H and O–H groups in total. The molecule has 0 spiro atoms. The lowest BCUT2D eigenvalue weighted by Gasteiger charge is -2.49. The van der Waals surface area contributed by atoms with E-state index in [9.17, 15) is 9.18 Å². The molecule has 0 radical (unpaired) electrons. The number of nitrogens with one attached hydrogen (secondary N) is 1. The van der Waals surface area contributed by atoms with E-state index < -0.39 is 5.41 Å². The van der Waals surface area contributed by atoms with E-state index in [0.29, 0.717) is 12.1 Å². The number of ether oxygens (including phenoxy) is 1. The molecule has 148 valence electrons. The summed E-state index contributed by atoms with van der Waals surface area (Å²) in [7, 11) is 2.15. The molecule has 2 saturated heterocycles. The molecule has 1 aromatic rings. The third kappa shape index (κ3) is 3.62. The molecule has 27 heavy (non-hydrogen) atoms. The maximum atomic E-state index is 14.3. The molecule has 5 nitrogen and oxygen atoms in total. The zero-order chi connectivity index (χ0) is 18.9. The summed E-state index contributed by atoms with van der Waals surface area (Å²) in [4.78, 5) is 17.9. The Morgan fingerprint density at radius 3 is 2.41 bits per heavy atom. The van der Waals surface area contributed by atoms with Gasteiger partial charge in [0.1, 0.15) is 5.82 Å². The Balaban J connectivity index is 1.48. The summed E-state index contributed by atoms with van der Waals surface area (Å²) in [6, 6.07) is 6.71. The highest BCUT2D eigenvalue weighted by molar-refractivity contribution is 5.91. The van der Waals surface area contributed by atoms with Crippen molar-refractivity contribution in [3.8, 4) is 0 Å². The van der Waals surface area contributed by atoms with Crippen LogP contribution in [0.1, 0.15) is 31.2 Å². The Morgan fingerprint density at radius 2 is 1.78 bits per heavy atom. The zero-order valence-electron chi connectivity index (χ0n) is 16.2. The molecule has 1 aromatic carbocycles. The molecule has 4 rings (SSSR count).